The SMILES string of the molecule is CCCCCC/C=C\C/C=C\CCCCCCCCCC(=O)OCCCCCCCCCCCCCC/C=C\CCCCCCCCCCCCCCCCCCC(=O)NC(CO)C(O)CCCCCCCCCCCCCCC. The number of carbonyl (C=O) groups excluding carboxylic acids is 2. The molecule has 2 unspecified atom stereocenters. The predicted molar refractivity (Wildman–Crippen MR) is 352 cm³/mol. The molecule has 0 aromatic carbocycles. The minimum atomic E-state index is -0.662. The number of hydrogen-bond donors (Lipinski definition) is 3. The molecular weight excluding hydrogens is 983 g/mol. The van der Waals surface area contributed by atoms with Crippen LogP contribution in [0.15, 0.2) is 36.5 Å². The van der Waals surface area contributed by atoms with E-state index in [1.165, 1.54) is 315 Å². The lowest BCUT2D eigenvalue weighted by atomic mass is 10.0. The van der Waals surface area contributed by atoms with Crippen molar-refractivity contribution in [1.29, 1.82) is 0 Å². The molecule has 6 heteroatoms. The van der Waals surface area contributed by atoms with Crippen molar-refractivity contribution < 1.29 is 24.5 Å². The van der Waals surface area contributed by atoms with E-state index in [0.717, 1.165) is 51.4 Å². The van der Waals surface area contributed by atoms with Crippen molar-refractivity contribution in [3.05, 3.63) is 36.5 Å². The number of esters is 1. The van der Waals surface area contributed by atoms with Gasteiger partial charge in [0.2, 0.25) is 5.91 Å². The number of nitrogens with one attached hydrogen (secondary N) is 1. The normalized spacial score (nSPS) is 12.7. The highest BCUT2D eigenvalue weighted by Crippen LogP contribution is 2.19. The second-order valence-electron chi connectivity index (χ2n) is 24.9. The smallest absolute Gasteiger partial charge is 0.305 e. The van der Waals surface area contributed by atoms with Gasteiger partial charge in [0.05, 0.1) is 25.4 Å². The molecule has 0 aromatic heterocycles. The van der Waals surface area contributed by atoms with E-state index in [4.69, 9.17) is 4.74 Å². The highest BCUT2D eigenvalue weighted by Gasteiger charge is 2.20. The maximum absolute atomic E-state index is 12.5. The van der Waals surface area contributed by atoms with Crippen molar-refractivity contribution in [2.45, 2.75) is 411 Å². The van der Waals surface area contributed by atoms with Gasteiger partial charge < -0.3 is 20.3 Å². The van der Waals surface area contributed by atoms with Crippen molar-refractivity contribution in [2.24, 2.45) is 0 Å². The molecule has 0 aliphatic rings. The molecule has 0 rings (SSSR count). The third kappa shape index (κ3) is 65.2. The zero-order valence-corrected chi connectivity index (χ0v) is 54.1. The van der Waals surface area contributed by atoms with Gasteiger partial charge in [-0.2, -0.15) is 0 Å². The fourth-order valence-corrected chi connectivity index (χ4v) is 11.4. The topological polar surface area (TPSA) is 95.9 Å². The molecule has 0 aromatic rings. The highest BCUT2D eigenvalue weighted by atomic mass is 16.5. The van der Waals surface area contributed by atoms with Crippen molar-refractivity contribution in [1.82, 2.24) is 5.32 Å². The highest BCUT2D eigenvalue weighted by molar-refractivity contribution is 5.76. The van der Waals surface area contributed by atoms with Crippen LogP contribution in [0.4, 0.5) is 0 Å². The molecule has 0 aliphatic heterocycles. The lowest BCUT2D eigenvalue weighted by Crippen LogP contribution is -2.45. The Hall–Kier alpha value is -1.92. The Labute approximate surface area is 500 Å². The van der Waals surface area contributed by atoms with E-state index in [2.05, 4.69) is 55.6 Å². The maximum Gasteiger partial charge on any atom is 0.305 e. The fraction of sp³-hybridized carbons (Fsp3) is 0.892. The van der Waals surface area contributed by atoms with Crippen LogP contribution in [0.2, 0.25) is 0 Å². The molecule has 2 atom stereocenters. The van der Waals surface area contributed by atoms with Gasteiger partial charge in [-0.15, -0.1) is 0 Å². The summed E-state index contributed by atoms with van der Waals surface area (Å²) in [6.07, 6.45) is 89.2. The summed E-state index contributed by atoms with van der Waals surface area (Å²) in [5.41, 5.74) is 0. The zero-order chi connectivity index (χ0) is 57.8. The largest absolute Gasteiger partial charge is 0.466 e. The number of carbonyl (C=O) groups is 2. The van der Waals surface area contributed by atoms with Crippen LogP contribution in [0.1, 0.15) is 399 Å². The van der Waals surface area contributed by atoms with Crippen LogP contribution >= 0.6 is 0 Å². The van der Waals surface area contributed by atoms with Gasteiger partial charge in [0.15, 0.2) is 0 Å². The summed E-state index contributed by atoms with van der Waals surface area (Å²) in [6.45, 7) is 4.96. The number of unbranched alkanes of at least 4 members (excludes halogenated alkanes) is 51. The molecule has 0 fully saturated rings. The third-order valence-electron chi connectivity index (χ3n) is 16.9. The van der Waals surface area contributed by atoms with Crippen LogP contribution < -0.4 is 5.32 Å². The summed E-state index contributed by atoms with van der Waals surface area (Å²) in [5.74, 6) is -0.0193. The molecule has 0 saturated carbocycles. The summed E-state index contributed by atoms with van der Waals surface area (Å²) in [6, 6.07) is -0.539. The summed E-state index contributed by atoms with van der Waals surface area (Å²) >= 11 is 0. The number of aliphatic hydroxyl groups is 2. The quantitative estimate of drug-likeness (QED) is 0.0320. The van der Waals surface area contributed by atoms with E-state index in [1.807, 2.05) is 0 Å². The first-order valence-corrected chi connectivity index (χ1v) is 36.2. The molecule has 472 valence electrons. The second kappa shape index (κ2) is 69.6. The van der Waals surface area contributed by atoms with Crippen LogP contribution in [0, 0.1) is 0 Å². The van der Waals surface area contributed by atoms with E-state index in [1.54, 1.807) is 0 Å². The second-order valence-corrected chi connectivity index (χ2v) is 24.9. The van der Waals surface area contributed by atoms with E-state index < -0.39 is 12.1 Å². The average Bonchev–Trinajstić information content (AvgIpc) is 3.46. The number of rotatable bonds is 68. The molecular formula is C74H141NO5. The Morgan fingerprint density at radius 1 is 0.350 bits per heavy atom. The number of aliphatic hydroxyl groups excluding tert-OH is 2. The van der Waals surface area contributed by atoms with Crippen molar-refractivity contribution in [3.8, 4) is 0 Å². The van der Waals surface area contributed by atoms with Gasteiger partial charge in [-0.1, -0.05) is 339 Å². The van der Waals surface area contributed by atoms with E-state index in [0.29, 0.717) is 25.9 Å². The fourth-order valence-electron chi connectivity index (χ4n) is 11.4. The maximum atomic E-state index is 12.5. The molecule has 80 heavy (non-hydrogen) atoms. The monoisotopic (exact) mass is 1120 g/mol. The molecule has 6 nitrogen and oxygen atoms in total. The molecule has 1 amide bonds. The third-order valence-corrected chi connectivity index (χ3v) is 16.9. The minimum Gasteiger partial charge on any atom is -0.466 e. The van der Waals surface area contributed by atoms with Gasteiger partial charge in [-0.3, -0.25) is 9.59 Å². The molecule has 0 bridgehead atoms. The van der Waals surface area contributed by atoms with E-state index >= 15 is 0 Å². The molecule has 0 saturated heterocycles. The Bertz CT molecular complexity index is 1300. The summed E-state index contributed by atoms with van der Waals surface area (Å²) in [5, 5.41) is 23.3. The lowest BCUT2D eigenvalue weighted by molar-refractivity contribution is -0.143. The van der Waals surface area contributed by atoms with Gasteiger partial charge in [0.25, 0.3) is 0 Å². The zero-order valence-electron chi connectivity index (χ0n) is 54.1. The van der Waals surface area contributed by atoms with E-state index in [-0.39, 0.29) is 18.5 Å². The molecule has 0 aliphatic carbocycles. The van der Waals surface area contributed by atoms with Crippen LogP contribution in [0.3, 0.4) is 0 Å². The van der Waals surface area contributed by atoms with Crippen LogP contribution in [-0.4, -0.2) is 47.4 Å². The molecule has 0 radical (unpaired) electrons. The van der Waals surface area contributed by atoms with E-state index in [9.17, 15) is 19.8 Å². The van der Waals surface area contributed by atoms with Gasteiger partial charge in [-0.05, 0) is 83.5 Å². The first-order valence-electron chi connectivity index (χ1n) is 36.2. The Balaban J connectivity index is 3.34. The molecule has 3 N–H and O–H groups in total. The van der Waals surface area contributed by atoms with Crippen LogP contribution in [-0.2, 0) is 14.3 Å². The Morgan fingerprint density at radius 3 is 0.975 bits per heavy atom. The van der Waals surface area contributed by atoms with Crippen LogP contribution in [0.5, 0.6) is 0 Å². The first-order chi connectivity index (χ1) is 39.5. The molecule has 0 spiro atoms. The van der Waals surface area contributed by atoms with Crippen molar-refractivity contribution in [2.75, 3.05) is 13.2 Å². The van der Waals surface area contributed by atoms with Gasteiger partial charge >= 0.3 is 5.97 Å². The number of allylic oxidation sites excluding steroid dienone is 6. The van der Waals surface area contributed by atoms with Gasteiger partial charge in [0, 0.05) is 12.8 Å². The minimum absolute atomic E-state index is 0.0113. The van der Waals surface area contributed by atoms with Crippen LogP contribution in [0.25, 0.3) is 0 Å². The van der Waals surface area contributed by atoms with Crippen molar-refractivity contribution in [3.63, 3.8) is 0 Å². The summed E-state index contributed by atoms with van der Waals surface area (Å²) < 4.78 is 5.50. The lowest BCUT2D eigenvalue weighted by Gasteiger charge is -2.22. The van der Waals surface area contributed by atoms with Gasteiger partial charge in [0.1, 0.15) is 0 Å². The Morgan fingerprint density at radius 2 is 0.625 bits per heavy atom. The molecule has 0 heterocycles. The Kier molecular flexibility index (Phi) is 67.9. The average molecular weight is 1120 g/mol. The number of hydrogen-bond acceptors (Lipinski definition) is 5. The first kappa shape index (κ1) is 78.1. The number of ether oxygens (including phenoxy) is 1. The number of amides is 1. The standard InChI is InChI=1S/C74H141NO5/c1-3-5-7-9-11-13-15-17-18-19-37-40-44-48-52-56-60-64-68-74(79)80-69-65-61-57-53-49-45-41-38-35-33-31-29-27-25-23-21-20-22-24-26-28-30-32-34-36-39-43-47-51-55-59-63-67-73(78)75-71(70-76)72(77)66-62-58-54-50-46-42-16-14-12-10-8-6-4-2/h13,15,18-19,23,25,71-72,76-77H,3-12,14,16-17,20-22,24,26-70H2,1-2H3,(H,75,78)/b15-13-,19-18-,25-23-. The van der Waals surface area contributed by atoms with Crippen molar-refractivity contribution >= 4 is 11.9 Å². The summed E-state index contributed by atoms with van der Waals surface area (Å²) in [7, 11) is 0. The summed E-state index contributed by atoms with van der Waals surface area (Å²) in [4.78, 5) is 24.6. The van der Waals surface area contributed by atoms with Gasteiger partial charge in [-0.25, -0.2) is 0 Å². The predicted octanol–water partition coefficient (Wildman–Crippen LogP) is 23.5.